The molecule has 3 heterocycles. The zero-order valence-electron chi connectivity index (χ0n) is 21.0. The van der Waals surface area contributed by atoms with Gasteiger partial charge < -0.3 is 14.7 Å². The molecule has 3 rings (SSSR count). The first kappa shape index (κ1) is 24.5. The van der Waals surface area contributed by atoms with Crippen molar-refractivity contribution in [2.45, 2.75) is 41.5 Å². The quantitative estimate of drug-likeness (QED) is 0.374. The molecule has 0 fully saturated rings. The lowest BCUT2D eigenvalue weighted by molar-refractivity contribution is 0.862. The fourth-order valence-corrected chi connectivity index (χ4v) is 4.24. The van der Waals surface area contributed by atoms with Gasteiger partial charge in [-0.15, -0.1) is 0 Å². The molecule has 176 valence electrons. The molecule has 0 N–H and O–H groups in total. The summed E-state index contributed by atoms with van der Waals surface area (Å²) in [5.41, 5.74) is 7.00. The minimum absolute atomic E-state index is 0.874. The molecule has 0 saturated heterocycles. The van der Waals surface area contributed by atoms with Gasteiger partial charge in [-0.25, -0.2) is 4.98 Å². The fraction of sp³-hybridized carbons (Fsp3) is 0.444. The maximum atomic E-state index is 5.04. The molecular weight excluding hydrogens is 408 g/mol. The van der Waals surface area contributed by atoms with Crippen LogP contribution in [0.5, 0.6) is 0 Å². The highest BCUT2D eigenvalue weighted by Crippen LogP contribution is 2.30. The molecule has 0 amide bonds. The SMILES string of the molecule is CCN(CC)c1ccnc(-c2cc(N(CC)CC)cc(-c3cc(N(CC)CC)ccn3)n2)c1. The summed E-state index contributed by atoms with van der Waals surface area (Å²) in [6, 6.07) is 12.7. The van der Waals surface area contributed by atoms with Gasteiger partial charge >= 0.3 is 0 Å². The second-order valence-electron chi connectivity index (χ2n) is 7.91. The standard InChI is InChI=1S/C27H38N6/c1-7-31(8-2)21-13-15-28-24(17-21)26-19-23(33(11-5)12-6)20-27(30-26)25-18-22(14-16-29-25)32(9-3)10-4/h13-20H,7-12H2,1-6H3. The average molecular weight is 447 g/mol. The van der Waals surface area contributed by atoms with Crippen molar-refractivity contribution >= 4 is 17.1 Å². The topological polar surface area (TPSA) is 48.4 Å². The summed E-state index contributed by atoms with van der Waals surface area (Å²) < 4.78 is 0. The molecule has 0 saturated carbocycles. The highest BCUT2D eigenvalue weighted by molar-refractivity contribution is 5.72. The van der Waals surface area contributed by atoms with Gasteiger partial charge in [-0.05, 0) is 77.9 Å². The Balaban J connectivity index is 2.14. The molecule has 0 bridgehead atoms. The van der Waals surface area contributed by atoms with Crippen LogP contribution in [0.2, 0.25) is 0 Å². The number of nitrogens with zero attached hydrogens (tertiary/aromatic N) is 6. The van der Waals surface area contributed by atoms with Gasteiger partial charge in [-0.3, -0.25) is 9.97 Å². The molecule has 0 radical (unpaired) electrons. The van der Waals surface area contributed by atoms with E-state index in [1.54, 1.807) is 0 Å². The smallest absolute Gasteiger partial charge is 0.0915 e. The van der Waals surface area contributed by atoms with E-state index in [1.165, 1.54) is 11.4 Å². The van der Waals surface area contributed by atoms with E-state index in [0.29, 0.717) is 0 Å². The zero-order valence-corrected chi connectivity index (χ0v) is 21.0. The number of aromatic nitrogens is 3. The van der Waals surface area contributed by atoms with Crippen molar-refractivity contribution < 1.29 is 0 Å². The normalized spacial score (nSPS) is 10.8. The van der Waals surface area contributed by atoms with E-state index in [9.17, 15) is 0 Å². The van der Waals surface area contributed by atoms with Crippen molar-refractivity contribution in [3.63, 3.8) is 0 Å². The van der Waals surface area contributed by atoms with E-state index in [2.05, 4.69) is 103 Å². The lowest BCUT2D eigenvalue weighted by atomic mass is 10.1. The minimum Gasteiger partial charge on any atom is -0.372 e. The van der Waals surface area contributed by atoms with Crippen molar-refractivity contribution in [1.29, 1.82) is 0 Å². The van der Waals surface area contributed by atoms with E-state index in [-0.39, 0.29) is 0 Å². The van der Waals surface area contributed by atoms with Crippen molar-refractivity contribution in [3.8, 4) is 22.8 Å². The molecule has 33 heavy (non-hydrogen) atoms. The lowest BCUT2D eigenvalue weighted by Gasteiger charge is -2.24. The Morgan fingerprint density at radius 3 is 1.18 bits per heavy atom. The molecule has 0 aliphatic rings. The summed E-state index contributed by atoms with van der Waals surface area (Å²) in [7, 11) is 0. The largest absolute Gasteiger partial charge is 0.372 e. The molecule has 0 unspecified atom stereocenters. The summed E-state index contributed by atoms with van der Waals surface area (Å²) in [6.07, 6.45) is 3.77. The average Bonchev–Trinajstić information content (AvgIpc) is 2.86. The first-order valence-corrected chi connectivity index (χ1v) is 12.3. The van der Waals surface area contributed by atoms with E-state index in [0.717, 1.165) is 67.7 Å². The highest BCUT2D eigenvalue weighted by atomic mass is 15.1. The van der Waals surface area contributed by atoms with Gasteiger partial charge in [0.05, 0.1) is 22.8 Å². The second kappa shape index (κ2) is 11.6. The van der Waals surface area contributed by atoms with Crippen molar-refractivity contribution in [3.05, 3.63) is 48.8 Å². The number of hydrogen-bond acceptors (Lipinski definition) is 6. The molecule has 3 aromatic heterocycles. The van der Waals surface area contributed by atoms with E-state index in [1.807, 2.05) is 12.4 Å². The predicted octanol–water partition coefficient (Wildman–Crippen LogP) is 5.74. The van der Waals surface area contributed by atoms with Gasteiger partial charge in [0.15, 0.2) is 0 Å². The van der Waals surface area contributed by atoms with Gasteiger partial charge in [0.25, 0.3) is 0 Å². The monoisotopic (exact) mass is 446 g/mol. The Labute approximate surface area is 199 Å². The van der Waals surface area contributed by atoms with Crippen LogP contribution in [0.1, 0.15) is 41.5 Å². The number of rotatable bonds is 11. The molecular formula is C27H38N6. The molecule has 0 aliphatic carbocycles. The van der Waals surface area contributed by atoms with Crippen LogP contribution in [0.25, 0.3) is 22.8 Å². The van der Waals surface area contributed by atoms with E-state index in [4.69, 9.17) is 4.98 Å². The summed E-state index contributed by atoms with van der Waals surface area (Å²) in [5.74, 6) is 0. The van der Waals surface area contributed by atoms with Gasteiger partial charge in [-0.2, -0.15) is 0 Å². The fourth-order valence-electron chi connectivity index (χ4n) is 4.24. The Morgan fingerprint density at radius 1 is 0.485 bits per heavy atom. The van der Waals surface area contributed by atoms with Crippen LogP contribution in [-0.4, -0.2) is 54.2 Å². The first-order chi connectivity index (χ1) is 16.1. The highest BCUT2D eigenvalue weighted by Gasteiger charge is 2.14. The second-order valence-corrected chi connectivity index (χ2v) is 7.91. The third kappa shape index (κ3) is 5.62. The van der Waals surface area contributed by atoms with Crippen LogP contribution >= 0.6 is 0 Å². The molecule has 6 nitrogen and oxygen atoms in total. The van der Waals surface area contributed by atoms with Gasteiger partial charge in [0.2, 0.25) is 0 Å². The van der Waals surface area contributed by atoms with Crippen molar-refractivity contribution in [2.24, 2.45) is 0 Å². The van der Waals surface area contributed by atoms with Crippen LogP contribution in [0, 0.1) is 0 Å². The lowest BCUT2D eigenvalue weighted by Crippen LogP contribution is -2.22. The Kier molecular flexibility index (Phi) is 8.64. The van der Waals surface area contributed by atoms with Gasteiger partial charge in [-0.1, -0.05) is 0 Å². The van der Waals surface area contributed by atoms with Gasteiger partial charge in [0, 0.05) is 68.7 Å². The van der Waals surface area contributed by atoms with Crippen LogP contribution in [0.15, 0.2) is 48.8 Å². The van der Waals surface area contributed by atoms with Crippen LogP contribution in [0.4, 0.5) is 17.1 Å². The molecule has 0 aliphatic heterocycles. The predicted molar refractivity (Wildman–Crippen MR) is 141 cm³/mol. The van der Waals surface area contributed by atoms with Crippen LogP contribution in [-0.2, 0) is 0 Å². The Bertz CT molecular complexity index is 949. The summed E-state index contributed by atoms with van der Waals surface area (Å²) in [6.45, 7) is 18.8. The van der Waals surface area contributed by atoms with E-state index < -0.39 is 0 Å². The third-order valence-electron chi connectivity index (χ3n) is 6.21. The number of anilines is 3. The van der Waals surface area contributed by atoms with Crippen LogP contribution < -0.4 is 14.7 Å². The molecule has 6 heteroatoms. The van der Waals surface area contributed by atoms with Crippen molar-refractivity contribution in [2.75, 3.05) is 54.0 Å². The maximum Gasteiger partial charge on any atom is 0.0915 e. The summed E-state index contributed by atoms with van der Waals surface area (Å²) in [5, 5.41) is 0. The molecule has 0 atom stereocenters. The number of pyridine rings is 3. The summed E-state index contributed by atoms with van der Waals surface area (Å²) in [4.78, 5) is 21.4. The van der Waals surface area contributed by atoms with Gasteiger partial charge in [0.1, 0.15) is 0 Å². The molecule has 0 spiro atoms. The van der Waals surface area contributed by atoms with E-state index >= 15 is 0 Å². The zero-order chi connectivity index (χ0) is 23.8. The number of hydrogen-bond donors (Lipinski definition) is 0. The van der Waals surface area contributed by atoms with Crippen molar-refractivity contribution in [1.82, 2.24) is 15.0 Å². The Hall–Kier alpha value is -3.15. The minimum atomic E-state index is 0.874. The summed E-state index contributed by atoms with van der Waals surface area (Å²) >= 11 is 0. The maximum absolute atomic E-state index is 5.04. The first-order valence-electron chi connectivity index (χ1n) is 12.3. The van der Waals surface area contributed by atoms with Crippen LogP contribution in [0.3, 0.4) is 0 Å². The third-order valence-corrected chi connectivity index (χ3v) is 6.21. The molecule has 3 aromatic rings. The Morgan fingerprint density at radius 2 is 0.818 bits per heavy atom. The molecule has 0 aromatic carbocycles.